The standard InChI is InChI=1S/C13H11F3N2O2S/c1-18(11-5-3-2-4-9(11)14)21(19,20)12-7-8(17)6-10(15)13(12)16/h2-7H,17H2,1H3. The van der Waals surface area contributed by atoms with Crippen LogP contribution in [0, 0.1) is 17.5 Å². The number of anilines is 2. The maximum atomic E-state index is 13.7. The molecule has 0 saturated carbocycles. The van der Waals surface area contributed by atoms with Gasteiger partial charge in [-0.2, -0.15) is 0 Å². The molecule has 0 aromatic heterocycles. The van der Waals surface area contributed by atoms with E-state index in [-0.39, 0.29) is 11.4 Å². The van der Waals surface area contributed by atoms with Crippen molar-refractivity contribution in [2.75, 3.05) is 17.1 Å². The molecular formula is C13H11F3N2O2S. The zero-order valence-electron chi connectivity index (χ0n) is 10.8. The number of para-hydroxylation sites is 1. The summed E-state index contributed by atoms with van der Waals surface area (Å²) in [5.74, 6) is -3.77. The molecule has 0 unspecified atom stereocenters. The lowest BCUT2D eigenvalue weighted by atomic mass is 10.3. The van der Waals surface area contributed by atoms with E-state index < -0.39 is 32.4 Å². The Balaban J connectivity index is 2.60. The van der Waals surface area contributed by atoms with Crippen molar-refractivity contribution < 1.29 is 21.6 Å². The molecule has 0 spiro atoms. The molecule has 0 heterocycles. The number of hydrogen-bond donors (Lipinski definition) is 1. The van der Waals surface area contributed by atoms with E-state index in [0.29, 0.717) is 10.4 Å². The number of rotatable bonds is 3. The Kier molecular flexibility index (Phi) is 3.82. The highest BCUT2D eigenvalue weighted by atomic mass is 32.2. The summed E-state index contributed by atoms with van der Waals surface area (Å²) in [5, 5.41) is 0. The minimum Gasteiger partial charge on any atom is -0.399 e. The fraction of sp³-hybridized carbons (Fsp3) is 0.0769. The Hall–Kier alpha value is -2.22. The Morgan fingerprint density at radius 3 is 2.29 bits per heavy atom. The van der Waals surface area contributed by atoms with Crippen molar-refractivity contribution >= 4 is 21.4 Å². The van der Waals surface area contributed by atoms with Crippen molar-refractivity contribution in [3.63, 3.8) is 0 Å². The van der Waals surface area contributed by atoms with Crippen molar-refractivity contribution in [1.82, 2.24) is 0 Å². The van der Waals surface area contributed by atoms with Gasteiger partial charge in [-0.3, -0.25) is 4.31 Å². The van der Waals surface area contributed by atoms with Crippen LogP contribution in [-0.2, 0) is 10.0 Å². The quantitative estimate of drug-likeness (QED) is 0.885. The lowest BCUT2D eigenvalue weighted by molar-refractivity contribution is 0.485. The summed E-state index contributed by atoms with van der Waals surface area (Å²) < 4.78 is 65.8. The number of sulfonamides is 1. The first-order valence-corrected chi connectivity index (χ1v) is 7.17. The molecule has 2 N–H and O–H groups in total. The van der Waals surface area contributed by atoms with Crippen LogP contribution >= 0.6 is 0 Å². The highest BCUT2D eigenvalue weighted by molar-refractivity contribution is 7.92. The van der Waals surface area contributed by atoms with Crippen molar-refractivity contribution in [3.8, 4) is 0 Å². The van der Waals surface area contributed by atoms with Crippen LogP contribution in [0.5, 0.6) is 0 Å². The Bertz CT molecular complexity index is 794. The molecule has 21 heavy (non-hydrogen) atoms. The topological polar surface area (TPSA) is 63.4 Å². The molecule has 0 bridgehead atoms. The van der Waals surface area contributed by atoms with E-state index in [2.05, 4.69) is 0 Å². The summed E-state index contributed by atoms with van der Waals surface area (Å²) in [6.07, 6.45) is 0. The predicted octanol–water partition coefficient (Wildman–Crippen LogP) is 2.51. The van der Waals surface area contributed by atoms with Gasteiger partial charge < -0.3 is 5.73 Å². The van der Waals surface area contributed by atoms with E-state index in [1.165, 1.54) is 18.2 Å². The second kappa shape index (κ2) is 5.28. The van der Waals surface area contributed by atoms with Gasteiger partial charge in [0, 0.05) is 12.7 Å². The van der Waals surface area contributed by atoms with Crippen molar-refractivity contribution in [1.29, 1.82) is 0 Å². The minimum absolute atomic E-state index is 0.255. The average molecular weight is 316 g/mol. The molecule has 0 radical (unpaired) electrons. The molecule has 4 nitrogen and oxygen atoms in total. The largest absolute Gasteiger partial charge is 0.399 e. The summed E-state index contributed by atoms with van der Waals surface area (Å²) >= 11 is 0. The number of benzene rings is 2. The third kappa shape index (κ3) is 2.66. The first kappa shape index (κ1) is 15.2. The molecule has 2 rings (SSSR count). The molecule has 0 saturated heterocycles. The molecule has 112 valence electrons. The van der Waals surface area contributed by atoms with E-state index in [0.717, 1.165) is 19.2 Å². The van der Waals surface area contributed by atoms with E-state index in [1.807, 2.05) is 0 Å². The fourth-order valence-corrected chi connectivity index (χ4v) is 3.07. The Morgan fingerprint density at radius 1 is 1.05 bits per heavy atom. The van der Waals surface area contributed by atoms with Crippen LogP contribution in [-0.4, -0.2) is 15.5 Å². The van der Waals surface area contributed by atoms with Crippen molar-refractivity contribution in [3.05, 3.63) is 53.8 Å². The highest BCUT2D eigenvalue weighted by Crippen LogP contribution is 2.28. The van der Waals surface area contributed by atoms with Gasteiger partial charge in [-0.05, 0) is 24.3 Å². The number of nitrogens with two attached hydrogens (primary N) is 1. The number of hydrogen-bond acceptors (Lipinski definition) is 3. The van der Waals surface area contributed by atoms with Crippen molar-refractivity contribution in [2.24, 2.45) is 0 Å². The zero-order valence-corrected chi connectivity index (χ0v) is 11.7. The van der Waals surface area contributed by atoms with Crippen LogP contribution in [0.1, 0.15) is 0 Å². The molecule has 0 aliphatic carbocycles. The molecule has 0 amide bonds. The lowest BCUT2D eigenvalue weighted by Crippen LogP contribution is -2.28. The number of nitrogens with zero attached hydrogens (tertiary/aromatic N) is 1. The summed E-state index contributed by atoms with van der Waals surface area (Å²) in [7, 11) is -3.46. The smallest absolute Gasteiger partial charge is 0.267 e. The number of nitrogen functional groups attached to an aromatic ring is 1. The monoisotopic (exact) mass is 316 g/mol. The maximum absolute atomic E-state index is 13.7. The molecule has 2 aromatic carbocycles. The fourth-order valence-electron chi connectivity index (χ4n) is 1.76. The van der Waals surface area contributed by atoms with Crippen LogP contribution in [0.25, 0.3) is 0 Å². The highest BCUT2D eigenvalue weighted by Gasteiger charge is 2.28. The van der Waals surface area contributed by atoms with Gasteiger partial charge in [0.2, 0.25) is 0 Å². The predicted molar refractivity (Wildman–Crippen MR) is 72.8 cm³/mol. The van der Waals surface area contributed by atoms with Gasteiger partial charge in [0.15, 0.2) is 11.6 Å². The third-order valence-corrected chi connectivity index (χ3v) is 4.62. The molecule has 0 aliphatic heterocycles. The van der Waals surface area contributed by atoms with Crippen LogP contribution < -0.4 is 10.0 Å². The zero-order chi connectivity index (χ0) is 15.8. The van der Waals surface area contributed by atoms with Gasteiger partial charge in [0.1, 0.15) is 10.7 Å². The second-order valence-corrected chi connectivity index (χ2v) is 6.18. The van der Waals surface area contributed by atoms with E-state index >= 15 is 0 Å². The second-order valence-electron chi connectivity index (χ2n) is 4.24. The molecule has 2 aromatic rings. The normalized spacial score (nSPS) is 11.4. The maximum Gasteiger partial charge on any atom is 0.267 e. The van der Waals surface area contributed by atoms with Gasteiger partial charge in [-0.25, -0.2) is 21.6 Å². The SMILES string of the molecule is CN(c1ccccc1F)S(=O)(=O)c1cc(N)cc(F)c1F. The van der Waals surface area contributed by atoms with Crippen LogP contribution in [0.2, 0.25) is 0 Å². The molecule has 0 atom stereocenters. The Labute approximate surface area is 119 Å². The first-order valence-electron chi connectivity index (χ1n) is 5.73. The van der Waals surface area contributed by atoms with Crippen molar-refractivity contribution in [2.45, 2.75) is 4.90 Å². The molecule has 8 heteroatoms. The summed E-state index contributed by atoms with van der Waals surface area (Å²) in [5.41, 5.74) is 4.78. The van der Waals surface area contributed by atoms with Gasteiger partial charge in [-0.1, -0.05) is 12.1 Å². The number of halogens is 3. The summed E-state index contributed by atoms with van der Waals surface area (Å²) in [6.45, 7) is 0. The summed E-state index contributed by atoms with van der Waals surface area (Å²) in [4.78, 5) is -0.953. The van der Waals surface area contributed by atoms with Gasteiger partial charge in [0.25, 0.3) is 10.0 Å². The molecule has 0 fully saturated rings. The van der Waals surface area contributed by atoms with Crippen LogP contribution in [0.3, 0.4) is 0 Å². The van der Waals surface area contributed by atoms with Gasteiger partial charge in [0.05, 0.1) is 5.69 Å². The first-order chi connectivity index (χ1) is 9.75. The lowest BCUT2D eigenvalue weighted by Gasteiger charge is -2.20. The van der Waals surface area contributed by atoms with Gasteiger partial charge >= 0.3 is 0 Å². The Morgan fingerprint density at radius 2 is 1.67 bits per heavy atom. The van der Waals surface area contributed by atoms with Crippen LogP contribution in [0.15, 0.2) is 41.3 Å². The van der Waals surface area contributed by atoms with Gasteiger partial charge in [-0.15, -0.1) is 0 Å². The summed E-state index contributed by atoms with van der Waals surface area (Å²) in [6, 6.07) is 6.49. The average Bonchev–Trinajstić information content (AvgIpc) is 2.42. The van der Waals surface area contributed by atoms with E-state index in [4.69, 9.17) is 5.73 Å². The van der Waals surface area contributed by atoms with E-state index in [1.54, 1.807) is 0 Å². The van der Waals surface area contributed by atoms with Crippen LogP contribution in [0.4, 0.5) is 24.5 Å². The molecular weight excluding hydrogens is 305 g/mol. The minimum atomic E-state index is -4.49. The third-order valence-electron chi connectivity index (χ3n) is 2.85. The van der Waals surface area contributed by atoms with E-state index in [9.17, 15) is 21.6 Å². The molecule has 0 aliphatic rings.